The average Bonchev–Trinajstić information content (AvgIpc) is 2.62. The fourth-order valence-electron chi connectivity index (χ4n) is 3.05. The maximum Gasteiger partial charge on any atom is 0.270 e. The highest BCUT2D eigenvalue weighted by atomic mass is 16.1. The molecule has 1 unspecified atom stereocenters. The number of carbonyl (C=O) groups excluding carboxylic acids is 1. The number of anilines is 1. The van der Waals surface area contributed by atoms with E-state index in [0.717, 1.165) is 24.5 Å². The molecule has 1 aromatic heterocycles. The van der Waals surface area contributed by atoms with Crippen LogP contribution in [-0.4, -0.2) is 29.0 Å². The van der Waals surface area contributed by atoms with Crippen molar-refractivity contribution in [2.75, 3.05) is 18.0 Å². The second kappa shape index (κ2) is 7.43. The van der Waals surface area contributed by atoms with Gasteiger partial charge in [0.15, 0.2) is 0 Å². The van der Waals surface area contributed by atoms with Crippen molar-refractivity contribution in [3.8, 4) is 0 Å². The molecule has 0 aliphatic carbocycles. The van der Waals surface area contributed by atoms with Crippen LogP contribution in [0.3, 0.4) is 0 Å². The summed E-state index contributed by atoms with van der Waals surface area (Å²) in [6.45, 7) is 5.81. The molecule has 2 aromatic rings. The van der Waals surface area contributed by atoms with Crippen molar-refractivity contribution in [1.82, 2.24) is 15.3 Å². The number of carbonyl (C=O) groups is 1. The van der Waals surface area contributed by atoms with Gasteiger partial charge in [-0.25, -0.2) is 9.97 Å². The summed E-state index contributed by atoms with van der Waals surface area (Å²) in [6.07, 6.45) is 3.62. The fraction of sp³-hybridized carbons (Fsp3) is 0.421. The number of amides is 1. The molecule has 126 valence electrons. The number of piperidine rings is 1. The molecule has 0 bridgehead atoms. The van der Waals surface area contributed by atoms with E-state index in [1.54, 1.807) is 0 Å². The molecule has 1 aliphatic rings. The van der Waals surface area contributed by atoms with Crippen molar-refractivity contribution in [2.24, 2.45) is 0 Å². The average molecular weight is 324 g/mol. The van der Waals surface area contributed by atoms with E-state index >= 15 is 0 Å². The van der Waals surface area contributed by atoms with Crippen molar-refractivity contribution in [1.29, 1.82) is 0 Å². The number of benzene rings is 1. The first kappa shape index (κ1) is 16.4. The van der Waals surface area contributed by atoms with Gasteiger partial charge >= 0.3 is 0 Å². The Kier molecular flexibility index (Phi) is 5.08. The lowest BCUT2D eigenvalue weighted by Crippen LogP contribution is -2.32. The topological polar surface area (TPSA) is 58.1 Å². The van der Waals surface area contributed by atoms with Crippen LogP contribution in [0.5, 0.6) is 0 Å². The molecule has 3 rings (SSSR count). The Morgan fingerprint density at radius 3 is 2.54 bits per heavy atom. The van der Waals surface area contributed by atoms with Gasteiger partial charge in [-0.2, -0.15) is 0 Å². The van der Waals surface area contributed by atoms with Gasteiger partial charge in [-0.3, -0.25) is 4.79 Å². The molecule has 0 saturated carbocycles. The van der Waals surface area contributed by atoms with Gasteiger partial charge in [0.25, 0.3) is 5.91 Å². The van der Waals surface area contributed by atoms with Crippen LogP contribution in [-0.2, 0) is 0 Å². The molecule has 1 fully saturated rings. The summed E-state index contributed by atoms with van der Waals surface area (Å²) in [5, 5.41) is 3.02. The molecule has 2 heterocycles. The van der Waals surface area contributed by atoms with Crippen molar-refractivity contribution in [2.45, 2.75) is 39.2 Å². The van der Waals surface area contributed by atoms with Gasteiger partial charge in [-0.15, -0.1) is 0 Å². The van der Waals surface area contributed by atoms with Gasteiger partial charge in [0.1, 0.15) is 17.3 Å². The lowest BCUT2D eigenvalue weighted by molar-refractivity contribution is 0.0934. The summed E-state index contributed by atoms with van der Waals surface area (Å²) in [6, 6.07) is 11.7. The molecular formula is C19H24N4O. The Labute approximate surface area is 143 Å². The molecule has 5 nitrogen and oxygen atoms in total. The van der Waals surface area contributed by atoms with Gasteiger partial charge in [0.2, 0.25) is 0 Å². The molecule has 24 heavy (non-hydrogen) atoms. The second-order valence-electron chi connectivity index (χ2n) is 6.31. The van der Waals surface area contributed by atoms with Crippen LogP contribution in [0.4, 0.5) is 5.82 Å². The Morgan fingerprint density at radius 1 is 1.12 bits per heavy atom. The van der Waals surface area contributed by atoms with Crippen molar-refractivity contribution in [3.63, 3.8) is 0 Å². The smallest absolute Gasteiger partial charge is 0.270 e. The largest absolute Gasteiger partial charge is 0.356 e. The van der Waals surface area contributed by atoms with Crippen molar-refractivity contribution < 1.29 is 4.79 Å². The van der Waals surface area contributed by atoms with E-state index in [1.165, 1.54) is 19.3 Å². The SMILES string of the molecule is Cc1nc(C(=O)NC(C)c2ccccc2)cc(N2CCCCC2)n1. The zero-order valence-electron chi connectivity index (χ0n) is 14.3. The van der Waals surface area contributed by atoms with E-state index in [-0.39, 0.29) is 11.9 Å². The van der Waals surface area contributed by atoms with E-state index in [0.29, 0.717) is 11.5 Å². The predicted molar refractivity (Wildman–Crippen MR) is 95.2 cm³/mol. The third-order valence-electron chi connectivity index (χ3n) is 4.38. The Balaban J connectivity index is 1.75. The maximum atomic E-state index is 12.6. The summed E-state index contributed by atoms with van der Waals surface area (Å²) in [4.78, 5) is 23.7. The number of aromatic nitrogens is 2. The zero-order chi connectivity index (χ0) is 16.9. The molecule has 0 spiro atoms. The second-order valence-corrected chi connectivity index (χ2v) is 6.31. The van der Waals surface area contributed by atoms with E-state index in [2.05, 4.69) is 20.2 Å². The molecule has 5 heteroatoms. The van der Waals surface area contributed by atoms with Crippen LogP contribution in [0.2, 0.25) is 0 Å². The standard InChI is InChI=1S/C19H24N4O/c1-14(16-9-5-3-6-10-16)20-19(24)17-13-18(22-15(2)21-17)23-11-7-4-8-12-23/h3,5-6,9-10,13-14H,4,7-8,11-12H2,1-2H3,(H,20,24). The molecule has 1 atom stereocenters. The normalized spacial score (nSPS) is 15.8. The number of hydrogen-bond acceptors (Lipinski definition) is 4. The van der Waals surface area contributed by atoms with E-state index in [1.807, 2.05) is 50.2 Å². The number of aryl methyl sites for hydroxylation is 1. The minimum absolute atomic E-state index is 0.0626. The quantitative estimate of drug-likeness (QED) is 0.938. The maximum absolute atomic E-state index is 12.6. The number of rotatable bonds is 4. The molecule has 0 radical (unpaired) electrons. The zero-order valence-corrected chi connectivity index (χ0v) is 14.3. The fourth-order valence-corrected chi connectivity index (χ4v) is 3.05. The third-order valence-corrected chi connectivity index (χ3v) is 4.38. The van der Waals surface area contributed by atoms with Gasteiger partial charge in [0, 0.05) is 19.2 Å². The van der Waals surface area contributed by atoms with Gasteiger partial charge in [-0.1, -0.05) is 30.3 Å². The molecular weight excluding hydrogens is 300 g/mol. The highest BCUT2D eigenvalue weighted by Gasteiger charge is 2.18. The van der Waals surface area contributed by atoms with E-state index in [9.17, 15) is 4.79 Å². The first-order valence-electron chi connectivity index (χ1n) is 8.60. The number of nitrogens with zero attached hydrogens (tertiary/aromatic N) is 3. The lowest BCUT2D eigenvalue weighted by Gasteiger charge is -2.28. The lowest BCUT2D eigenvalue weighted by atomic mass is 10.1. The monoisotopic (exact) mass is 324 g/mol. The highest BCUT2D eigenvalue weighted by Crippen LogP contribution is 2.19. The number of nitrogens with one attached hydrogen (secondary N) is 1. The van der Waals surface area contributed by atoms with Crippen molar-refractivity contribution in [3.05, 3.63) is 53.5 Å². The van der Waals surface area contributed by atoms with Gasteiger partial charge in [0.05, 0.1) is 6.04 Å². The molecule has 1 aliphatic heterocycles. The van der Waals surface area contributed by atoms with Crippen LogP contribution in [0.1, 0.15) is 54.1 Å². The van der Waals surface area contributed by atoms with Crippen LogP contribution < -0.4 is 10.2 Å². The highest BCUT2D eigenvalue weighted by molar-refractivity contribution is 5.93. The van der Waals surface area contributed by atoms with Crippen molar-refractivity contribution >= 4 is 11.7 Å². The van der Waals surface area contributed by atoms with E-state index < -0.39 is 0 Å². The summed E-state index contributed by atoms with van der Waals surface area (Å²) < 4.78 is 0. The third kappa shape index (κ3) is 3.91. The number of hydrogen-bond donors (Lipinski definition) is 1. The van der Waals surface area contributed by atoms with Crippen LogP contribution in [0, 0.1) is 6.92 Å². The molecule has 1 N–H and O–H groups in total. The van der Waals surface area contributed by atoms with Gasteiger partial charge < -0.3 is 10.2 Å². The minimum Gasteiger partial charge on any atom is -0.356 e. The first-order valence-corrected chi connectivity index (χ1v) is 8.60. The molecule has 1 aromatic carbocycles. The molecule has 1 saturated heterocycles. The minimum atomic E-state index is -0.157. The van der Waals surface area contributed by atoms with E-state index in [4.69, 9.17) is 0 Å². The Morgan fingerprint density at radius 2 is 1.83 bits per heavy atom. The summed E-state index contributed by atoms with van der Waals surface area (Å²) >= 11 is 0. The Bertz CT molecular complexity index is 696. The van der Waals surface area contributed by atoms with Gasteiger partial charge in [-0.05, 0) is 38.7 Å². The molecule has 1 amide bonds. The summed E-state index contributed by atoms with van der Waals surface area (Å²) in [5.74, 6) is 1.34. The first-order chi connectivity index (χ1) is 11.6. The predicted octanol–water partition coefficient (Wildman–Crippen LogP) is 3.27. The summed E-state index contributed by atoms with van der Waals surface area (Å²) in [7, 11) is 0. The van der Waals surface area contributed by atoms with Crippen LogP contribution >= 0.6 is 0 Å². The van der Waals surface area contributed by atoms with Crippen LogP contribution in [0.15, 0.2) is 36.4 Å². The summed E-state index contributed by atoms with van der Waals surface area (Å²) in [5.41, 5.74) is 1.51. The Hall–Kier alpha value is -2.43. The van der Waals surface area contributed by atoms with Crippen LogP contribution in [0.25, 0.3) is 0 Å².